The second-order valence-electron chi connectivity index (χ2n) is 5.16. The summed E-state index contributed by atoms with van der Waals surface area (Å²) >= 11 is 0. The third-order valence-corrected chi connectivity index (χ3v) is 3.20. The maximum atomic E-state index is 14.1. The fourth-order valence-electron chi connectivity index (χ4n) is 1.98. The van der Waals surface area contributed by atoms with Crippen molar-refractivity contribution in [3.8, 4) is 0 Å². The van der Waals surface area contributed by atoms with Crippen LogP contribution in [-0.2, 0) is 11.3 Å². The highest BCUT2D eigenvalue weighted by molar-refractivity contribution is 5.85. The first-order valence-electron chi connectivity index (χ1n) is 6.98. The Morgan fingerprint density at radius 2 is 2.14 bits per heavy atom. The molecule has 0 fully saturated rings. The first kappa shape index (κ1) is 17.3. The average molecular weight is 295 g/mol. The third kappa shape index (κ3) is 6.06. The van der Waals surface area contributed by atoms with Crippen LogP contribution in [0.3, 0.4) is 0 Å². The molecule has 0 aliphatic rings. The van der Waals surface area contributed by atoms with Gasteiger partial charge in [-0.25, -0.2) is 9.18 Å². The van der Waals surface area contributed by atoms with E-state index in [4.69, 9.17) is 10.2 Å². The van der Waals surface area contributed by atoms with Crippen LogP contribution in [0.15, 0.2) is 24.3 Å². The summed E-state index contributed by atoms with van der Waals surface area (Å²) < 4.78 is 14.1. The number of carbonyl (C=O) groups is 1. The lowest BCUT2D eigenvalue weighted by atomic mass is 10.1. The number of hydrogen-bond acceptors (Lipinski definition) is 3. The number of rotatable bonds is 8. The SMILES string of the molecule is CC(C)N(CCCO)Cc1ccc(C=CC(=O)O)cc1F. The van der Waals surface area contributed by atoms with Crippen LogP contribution in [0.1, 0.15) is 31.4 Å². The Balaban J connectivity index is 2.81. The Morgan fingerprint density at radius 1 is 1.43 bits per heavy atom. The molecule has 1 rings (SSSR count). The van der Waals surface area contributed by atoms with Gasteiger partial charge in [0.15, 0.2) is 0 Å². The molecule has 5 heteroatoms. The summed E-state index contributed by atoms with van der Waals surface area (Å²) in [5, 5.41) is 17.5. The number of aliphatic hydroxyl groups is 1. The highest BCUT2D eigenvalue weighted by Crippen LogP contribution is 2.15. The largest absolute Gasteiger partial charge is 0.478 e. The maximum Gasteiger partial charge on any atom is 0.328 e. The Morgan fingerprint density at radius 3 is 2.67 bits per heavy atom. The summed E-state index contributed by atoms with van der Waals surface area (Å²) in [4.78, 5) is 12.5. The zero-order valence-electron chi connectivity index (χ0n) is 12.4. The van der Waals surface area contributed by atoms with E-state index in [1.54, 1.807) is 12.1 Å². The van der Waals surface area contributed by atoms with Crippen LogP contribution in [0.4, 0.5) is 4.39 Å². The monoisotopic (exact) mass is 295 g/mol. The van der Waals surface area contributed by atoms with Crippen molar-refractivity contribution in [2.24, 2.45) is 0 Å². The van der Waals surface area contributed by atoms with E-state index < -0.39 is 5.97 Å². The summed E-state index contributed by atoms with van der Waals surface area (Å²) in [6.45, 7) is 5.34. The normalized spacial score (nSPS) is 11.7. The number of carboxylic acids is 1. The van der Waals surface area contributed by atoms with Crippen LogP contribution in [-0.4, -0.2) is 40.3 Å². The van der Waals surface area contributed by atoms with Crippen LogP contribution in [0, 0.1) is 5.82 Å². The molecular formula is C16H22FNO3. The van der Waals surface area contributed by atoms with E-state index in [0.29, 0.717) is 30.6 Å². The van der Waals surface area contributed by atoms with Gasteiger partial charge in [-0.05, 0) is 38.0 Å². The van der Waals surface area contributed by atoms with Gasteiger partial charge >= 0.3 is 5.97 Å². The van der Waals surface area contributed by atoms with Crippen molar-refractivity contribution in [2.75, 3.05) is 13.2 Å². The van der Waals surface area contributed by atoms with Gasteiger partial charge in [-0.3, -0.25) is 4.90 Å². The number of carboxylic acid groups (broad SMARTS) is 1. The van der Waals surface area contributed by atoms with Crippen molar-refractivity contribution >= 4 is 12.0 Å². The average Bonchev–Trinajstić information content (AvgIpc) is 2.42. The molecule has 1 aromatic rings. The second-order valence-corrected chi connectivity index (χ2v) is 5.16. The molecule has 0 bridgehead atoms. The molecule has 0 aliphatic heterocycles. The molecule has 0 radical (unpaired) electrons. The summed E-state index contributed by atoms with van der Waals surface area (Å²) in [6.07, 6.45) is 3.00. The lowest BCUT2D eigenvalue weighted by molar-refractivity contribution is -0.131. The molecule has 0 aliphatic carbocycles. The number of halogens is 1. The van der Waals surface area contributed by atoms with E-state index in [0.717, 1.165) is 6.08 Å². The van der Waals surface area contributed by atoms with E-state index in [9.17, 15) is 9.18 Å². The minimum Gasteiger partial charge on any atom is -0.478 e. The Bertz CT molecular complexity index is 500. The van der Waals surface area contributed by atoms with Gasteiger partial charge in [-0.1, -0.05) is 12.1 Å². The van der Waals surface area contributed by atoms with Crippen molar-refractivity contribution in [1.29, 1.82) is 0 Å². The Hall–Kier alpha value is -1.72. The van der Waals surface area contributed by atoms with Gasteiger partial charge in [0.25, 0.3) is 0 Å². The van der Waals surface area contributed by atoms with Gasteiger partial charge in [-0.15, -0.1) is 0 Å². The lowest BCUT2D eigenvalue weighted by Crippen LogP contribution is -2.32. The molecule has 0 unspecified atom stereocenters. The first-order chi connectivity index (χ1) is 9.93. The maximum absolute atomic E-state index is 14.1. The van der Waals surface area contributed by atoms with Crippen LogP contribution in [0.25, 0.3) is 6.08 Å². The van der Waals surface area contributed by atoms with Crippen molar-refractivity contribution in [1.82, 2.24) is 4.90 Å². The zero-order valence-corrected chi connectivity index (χ0v) is 12.4. The molecule has 21 heavy (non-hydrogen) atoms. The van der Waals surface area contributed by atoms with E-state index in [1.165, 1.54) is 12.1 Å². The van der Waals surface area contributed by atoms with E-state index >= 15 is 0 Å². The minimum absolute atomic E-state index is 0.116. The number of nitrogens with zero attached hydrogens (tertiary/aromatic N) is 1. The number of benzene rings is 1. The zero-order chi connectivity index (χ0) is 15.8. The van der Waals surface area contributed by atoms with Crippen LogP contribution in [0.5, 0.6) is 0 Å². The van der Waals surface area contributed by atoms with E-state index in [2.05, 4.69) is 4.90 Å². The fraction of sp³-hybridized carbons (Fsp3) is 0.438. The van der Waals surface area contributed by atoms with Crippen LogP contribution >= 0.6 is 0 Å². The first-order valence-corrected chi connectivity index (χ1v) is 6.98. The Labute approximate surface area is 124 Å². The van der Waals surface area contributed by atoms with Gasteiger partial charge < -0.3 is 10.2 Å². The molecule has 0 atom stereocenters. The van der Waals surface area contributed by atoms with E-state index in [-0.39, 0.29) is 18.5 Å². The summed E-state index contributed by atoms with van der Waals surface area (Å²) in [5.41, 5.74) is 1.08. The van der Waals surface area contributed by atoms with Crippen LogP contribution in [0.2, 0.25) is 0 Å². The molecule has 116 valence electrons. The number of hydrogen-bond donors (Lipinski definition) is 2. The van der Waals surface area contributed by atoms with Crippen molar-refractivity contribution in [3.05, 3.63) is 41.2 Å². The molecule has 0 aromatic heterocycles. The van der Waals surface area contributed by atoms with Gasteiger partial charge in [-0.2, -0.15) is 0 Å². The molecule has 2 N–H and O–H groups in total. The van der Waals surface area contributed by atoms with Gasteiger partial charge in [0.2, 0.25) is 0 Å². The third-order valence-electron chi connectivity index (χ3n) is 3.20. The Kier molecular flexibility index (Phi) is 7.05. The van der Waals surface area contributed by atoms with Crippen molar-refractivity contribution in [2.45, 2.75) is 32.9 Å². The van der Waals surface area contributed by atoms with Crippen LogP contribution < -0.4 is 0 Å². The fourth-order valence-corrected chi connectivity index (χ4v) is 1.98. The second kappa shape index (κ2) is 8.54. The topological polar surface area (TPSA) is 60.8 Å². The number of aliphatic hydroxyl groups excluding tert-OH is 1. The summed E-state index contributed by atoms with van der Waals surface area (Å²) in [7, 11) is 0. The summed E-state index contributed by atoms with van der Waals surface area (Å²) in [5.74, 6) is -1.41. The molecule has 0 saturated carbocycles. The van der Waals surface area contributed by atoms with Crippen molar-refractivity contribution < 1.29 is 19.4 Å². The highest BCUT2D eigenvalue weighted by Gasteiger charge is 2.12. The standard InChI is InChI=1S/C16H22FNO3/c1-12(2)18(8-3-9-19)11-14-6-4-13(10-15(14)17)5-7-16(20)21/h4-7,10,12,19H,3,8-9,11H2,1-2H3,(H,20,21). The smallest absolute Gasteiger partial charge is 0.328 e. The number of aliphatic carboxylic acids is 1. The lowest BCUT2D eigenvalue weighted by Gasteiger charge is -2.26. The van der Waals surface area contributed by atoms with Crippen molar-refractivity contribution in [3.63, 3.8) is 0 Å². The molecule has 1 aromatic carbocycles. The van der Waals surface area contributed by atoms with Gasteiger partial charge in [0, 0.05) is 37.4 Å². The molecule has 4 nitrogen and oxygen atoms in total. The highest BCUT2D eigenvalue weighted by atomic mass is 19.1. The molecule has 0 amide bonds. The molecule has 0 heterocycles. The van der Waals surface area contributed by atoms with E-state index in [1.807, 2.05) is 13.8 Å². The van der Waals surface area contributed by atoms with Gasteiger partial charge in [0.05, 0.1) is 0 Å². The van der Waals surface area contributed by atoms with Gasteiger partial charge in [0.1, 0.15) is 5.82 Å². The predicted molar refractivity (Wildman–Crippen MR) is 80.3 cm³/mol. The molecular weight excluding hydrogens is 273 g/mol. The molecule has 0 spiro atoms. The molecule has 0 saturated heterocycles. The minimum atomic E-state index is -1.06. The predicted octanol–water partition coefficient (Wildman–Crippen LogP) is 2.52. The quantitative estimate of drug-likeness (QED) is 0.723. The summed E-state index contributed by atoms with van der Waals surface area (Å²) in [6, 6.07) is 4.95.